The molecule has 0 aliphatic rings. The van der Waals surface area contributed by atoms with Crippen molar-refractivity contribution in [3.63, 3.8) is 0 Å². The van der Waals surface area contributed by atoms with E-state index in [2.05, 4.69) is 0 Å². The number of carboxylic acid groups (broad SMARTS) is 1. The van der Waals surface area contributed by atoms with E-state index in [1.807, 2.05) is 6.92 Å². The van der Waals surface area contributed by atoms with Crippen LogP contribution in [0.15, 0.2) is 0 Å². The molecule has 0 aromatic heterocycles. The van der Waals surface area contributed by atoms with E-state index in [9.17, 15) is 9.59 Å². The number of aliphatic carboxylic acids is 1. The van der Waals surface area contributed by atoms with Crippen LogP contribution in [0.2, 0.25) is 0 Å². The quantitative estimate of drug-likeness (QED) is 0.676. The number of amides is 1. The molecule has 82 valence electrons. The zero-order chi connectivity index (χ0) is 11.1. The first-order valence-electron chi connectivity index (χ1n) is 4.60. The normalized spacial score (nSPS) is 12.2. The smallest absolute Gasteiger partial charge is 0.323 e. The molecule has 1 N–H and O–H groups in total. The second-order valence-corrected chi connectivity index (χ2v) is 2.88. The maximum absolute atomic E-state index is 11.6. The molecule has 0 heterocycles. The van der Waals surface area contributed by atoms with E-state index in [-0.39, 0.29) is 12.5 Å². The summed E-state index contributed by atoms with van der Waals surface area (Å²) in [6, 6.07) is 0. The Morgan fingerprint density at radius 2 is 2.00 bits per heavy atom. The minimum atomic E-state index is -1.01. The number of ether oxygens (including phenoxy) is 1. The summed E-state index contributed by atoms with van der Waals surface area (Å²) in [7, 11) is 1.45. The van der Waals surface area contributed by atoms with Gasteiger partial charge < -0.3 is 14.7 Å². The zero-order valence-electron chi connectivity index (χ0n) is 8.82. The Morgan fingerprint density at radius 1 is 1.43 bits per heavy atom. The van der Waals surface area contributed by atoms with Crippen molar-refractivity contribution < 1.29 is 19.4 Å². The minimum Gasteiger partial charge on any atom is -0.480 e. The molecule has 5 nitrogen and oxygen atoms in total. The monoisotopic (exact) mass is 203 g/mol. The summed E-state index contributed by atoms with van der Waals surface area (Å²) in [6.45, 7) is 3.67. The molecule has 0 saturated carbocycles. The molecule has 5 heteroatoms. The molecule has 0 aliphatic carbocycles. The van der Waals surface area contributed by atoms with Crippen molar-refractivity contribution >= 4 is 11.9 Å². The molecule has 1 amide bonds. The molecule has 0 aromatic carbocycles. The van der Waals surface area contributed by atoms with Gasteiger partial charge in [0.25, 0.3) is 5.91 Å². The average molecular weight is 203 g/mol. The van der Waals surface area contributed by atoms with Gasteiger partial charge in [0.05, 0.1) is 0 Å². The van der Waals surface area contributed by atoms with Crippen molar-refractivity contribution in [3.05, 3.63) is 0 Å². The van der Waals surface area contributed by atoms with Crippen LogP contribution in [-0.4, -0.2) is 48.2 Å². The molecule has 0 fully saturated rings. The maximum atomic E-state index is 11.6. The Labute approximate surface area is 83.6 Å². The largest absolute Gasteiger partial charge is 0.480 e. The van der Waals surface area contributed by atoms with E-state index in [4.69, 9.17) is 9.84 Å². The summed E-state index contributed by atoms with van der Waals surface area (Å²) in [6.07, 6.45) is 0.0140. The Morgan fingerprint density at radius 3 is 2.29 bits per heavy atom. The van der Waals surface area contributed by atoms with E-state index < -0.39 is 12.1 Å². The number of methoxy groups -OCH3 is 1. The fourth-order valence-corrected chi connectivity index (χ4v) is 1.15. The van der Waals surface area contributed by atoms with Gasteiger partial charge in [-0.2, -0.15) is 0 Å². The summed E-state index contributed by atoms with van der Waals surface area (Å²) in [5.41, 5.74) is 0. The third kappa shape index (κ3) is 3.74. The number of carboxylic acids is 1. The van der Waals surface area contributed by atoms with E-state index in [1.165, 1.54) is 12.0 Å². The lowest BCUT2D eigenvalue weighted by Gasteiger charge is -2.23. The number of likely N-dealkylation sites (N-methyl/N-ethyl adjacent to an activating group) is 1. The first-order valence-corrected chi connectivity index (χ1v) is 4.60. The predicted octanol–water partition coefficient (Wildman–Crippen LogP) is 0.344. The lowest BCUT2D eigenvalue weighted by molar-refractivity contribution is -0.149. The molecule has 14 heavy (non-hydrogen) atoms. The number of carbonyl (C=O) groups is 2. The topological polar surface area (TPSA) is 66.8 Å². The van der Waals surface area contributed by atoms with Gasteiger partial charge in [0.1, 0.15) is 12.6 Å². The van der Waals surface area contributed by atoms with Crippen LogP contribution in [-0.2, 0) is 14.3 Å². The van der Waals surface area contributed by atoms with Crippen LogP contribution in [0, 0.1) is 0 Å². The summed E-state index contributed by atoms with van der Waals surface area (Å²) >= 11 is 0. The number of hydrogen-bond donors (Lipinski definition) is 1. The molecule has 0 saturated heterocycles. The zero-order valence-corrected chi connectivity index (χ0v) is 8.82. The van der Waals surface area contributed by atoms with Gasteiger partial charge in [0, 0.05) is 13.7 Å². The molecule has 0 bridgehead atoms. The van der Waals surface area contributed by atoms with Crippen molar-refractivity contribution in [2.75, 3.05) is 20.2 Å². The first kappa shape index (κ1) is 12.9. The Hall–Kier alpha value is -1.10. The molecule has 0 aliphatic heterocycles. The predicted molar refractivity (Wildman–Crippen MR) is 51.0 cm³/mol. The molecule has 0 aromatic rings. The Kier molecular flexibility index (Phi) is 5.87. The van der Waals surface area contributed by atoms with Crippen molar-refractivity contribution in [1.82, 2.24) is 4.90 Å². The van der Waals surface area contributed by atoms with Crippen LogP contribution >= 0.6 is 0 Å². The highest BCUT2D eigenvalue weighted by Crippen LogP contribution is 2.02. The van der Waals surface area contributed by atoms with Gasteiger partial charge in [0.2, 0.25) is 0 Å². The summed E-state index contributed by atoms with van der Waals surface area (Å²) in [5, 5.41) is 8.56. The maximum Gasteiger partial charge on any atom is 0.323 e. The second kappa shape index (κ2) is 6.37. The van der Waals surface area contributed by atoms with Crippen LogP contribution in [0.5, 0.6) is 0 Å². The summed E-state index contributed by atoms with van der Waals surface area (Å²) in [5.74, 6) is -1.27. The molecular formula is C9H17NO4. The van der Waals surface area contributed by atoms with E-state index in [1.54, 1.807) is 6.92 Å². The van der Waals surface area contributed by atoms with Gasteiger partial charge in [-0.3, -0.25) is 9.59 Å². The molecule has 0 spiro atoms. The van der Waals surface area contributed by atoms with Crippen LogP contribution in [0.3, 0.4) is 0 Å². The van der Waals surface area contributed by atoms with Gasteiger partial charge in [-0.1, -0.05) is 6.92 Å². The van der Waals surface area contributed by atoms with Crippen LogP contribution in [0.25, 0.3) is 0 Å². The van der Waals surface area contributed by atoms with Crippen molar-refractivity contribution in [2.24, 2.45) is 0 Å². The Bertz CT molecular complexity index is 201. The molecule has 0 rings (SSSR count). The number of rotatable bonds is 6. The molecular weight excluding hydrogens is 186 g/mol. The van der Waals surface area contributed by atoms with Gasteiger partial charge in [0.15, 0.2) is 0 Å². The SMILES string of the molecule is CCC(OC)C(=O)N(CC)CC(=O)O. The summed E-state index contributed by atoms with van der Waals surface area (Å²) in [4.78, 5) is 23.3. The van der Waals surface area contributed by atoms with E-state index >= 15 is 0 Å². The lowest BCUT2D eigenvalue weighted by atomic mass is 10.2. The standard InChI is InChI=1S/C9H17NO4/c1-4-7(14-3)9(13)10(5-2)6-8(11)12/h7H,4-6H2,1-3H3,(H,11,12). The average Bonchev–Trinajstić information content (AvgIpc) is 2.15. The fourth-order valence-electron chi connectivity index (χ4n) is 1.15. The third-order valence-corrected chi connectivity index (χ3v) is 1.95. The third-order valence-electron chi connectivity index (χ3n) is 1.95. The number of hydrogen-bond acceptors (Lipinski definition) is 3. The van der Waals surface area contributed by atoms with Crippen molar-refractivity contribution in [2.45, 2.75) is 26.4 Å². The van der Waals surface area contributed by atoms with Crippen molar-refractivity contribution in [1.29, 1.82) is 0 Å². The molecule has 1 unspecified atom stereocenters. The lowest BCUT2D eigenvalue weighted by Crippen LogP contribution is -2.42. The van der Waals surface area contributed by atoms with Gasteiger partial charge in [-0.05, 0) is 13.3 Å². The number of nitrogens with zero attached hydrogens (tertiary/aromatic N) is 1. The first-order chi connectivity index (χ1) is 6.56. The Balaban J connectivity index is 4.35. The van der Waals surface area contributed by atoms with Gasteiger partial charge >= 0.3 is 5.97 Å². The van der Waals surface area contributed by atoms with Crippen LogP contribution in [0.4, 0.5) is 0 Å². The fraction of sp³-hybridized carbons (Fsp3) is 0.778. The molecule has 1 atom stereocenters. The van der Waals surface area contributed by atoms with Crippen LogP contribution < -0.4 is 0 Å². The van der Waals surface area contributed by atoms with Crippen LogP contribution in [0.1, 0.15) is 20.3 Å². The van der Waals surface area contributed by atoms with Crippen molar-refractivity contribution in [3.8, 4) is 0 Å². The second-order valence-electron chi connectivity index (χ2n) is 2.88. The summed E-state index contributed by atoms with van der Waals surface area (Å²) < 4.78 is 4.94. The highest BCUT2D eigenvalue weighted by molar-refractivity contribution is 5.84. The van der Waals surface area contributed by atoms with E-state index in [0.29, 0.717) is 13.0 Å². The minimum absolute atomic E-state index is 0.264. The highest BCUT2D eigenvalue weighted by atomic mass is 16.5. The highest BCUT2D eigenvalue weighted by Gasteiger charge is 2.22. The molecule has 0 radical (unpaired) electrons. The van der Waals surface area contributed by atoms with Gasteiger partial charge in [-0.25, -0.2) is 0 Å². The number of carbonyl (C=O) groups excluding carboxylic acids is 1. The van der Waals surface area contributed by atoms with Gasteiger partial charge in [-0.15, -0.1) is 0 Å². The van der Waals surface area contributed by atoms with E-state index in [0.717, 1.165) is 0 Å².